The third-order valence-electron chi connectivity index (χ3n) is 4.47. The minimum Gasteiger partial charge on any atom is -0.340 e. The minimum atomic E-state index is 0. The molecule has 2 rings (SSSR count). The molecule has 4 nitrogen and oxygen atoms in total. The highest BCUT2D eigenvalue weighted by atomic mass is 35.5. The number of rotatable bonds is 5. The average molecular weight is 304 g/mol. The zero-order valence-electron chi connectivity index (χ0n) is 12.8. The van der Waals surface area contributed by atoms with Crippen molar-refractivity contribution in [3.63, 3.8) is 0 Å². The summed E-state index contributed by atoms with van der Waals surface area (Å²) in [4.78, 5) is 16.4. The van der Waals surface area contributed by atoms with Crippen LogP contribution in [0, 0.1) is 5.92 Å². The van der Waals surface area contributed by atoms with Crippen LogP contribution >= 0.6 is 12.4 Å². The fraction of sp³-hybridized carbons (Fsp3) is 0.933. The molecule has 5 heteroatoms. The fourth-order valence-electron chi connectivity index (χ4n) is 3.26. The minimum absolute atomic E-state index is 0. The summed E-state index contributed by atoms with van der Waals surface area (Å²) in [5.41, 5.74) is 0. The topological polar surface area (TPSA) is 35.6 Å². The lowest BCUT2D eigenvalue weighted by Gasteiger charge is -2.29. The first-order valence-electron chi connectivity index (χ1n) is 7.93. The van der Waals surface area contributed by atoms with E-state index in [-0.39, 0.29) is 12.4 Å². The van der Waals surface area contributed by atoms with Gasteiger partial charge in [-0.25, -0.2) is 0 Å². The summed E-state index contributed by atoms with van der Waals surface area (Å²) in [6, 6.07) is 0. The summed E-state index contributed by atoms with van der Waals surface area (Å²) in [6.07, 6.45) is 7.67. The van der Waals surface area contributed by atoms with Crippen LogP contribution in [0.25, 0.3) is 0 Å². The van der Waals surface area contributed by atoms with Crippen molar-refractivity contribution in [2.45, 2.75) is 38.5 Å². The summed E-state index contributed by atoms with van der Waals surface area (Å²) in [5, 5.41) is 3.28. The van der Waals surface area contributed by atoms with E-state index in [1.54, 1.807) is 0 Å². The molecule has 1 aliphatic carbocycles. The van der Waals surface area contributed by atoms with Crippen molar-refractivity contribution in [2.24, 2.45) is 5.92 Å². The van der Waals surface area contributed by atoms with Crippen LogP contribution in [0.15, 0.2) is 0 Å². The molecule has 1 heterocycles. The van der Waals surface area contributed by atoms with Crippen LogP contribution in [-0.2, 0) is 4.79 Å². The molecule has 0 spiro atoms. The molecule has 2 fully saturated rings. The maximum Gasteiger partial charge on any atom is 0.223 e. The highest BCUT2D eigenvalue weighted by Gasteiger charge is 2.18. The Bertz CT molecular complexity index is 276. The molecule has 0 atom stereocenters. The van der Waals surface area contributed by atoms with Crippen molar-refractivity contribution in [1.29, 1.82) is 0 Å². The first-order chi connectivity index (χ1) is 9.25. The van der Waals surface area contributed by atoms with Crippen LogP contribution in [0.2, 0.25) is 0 Å². The monoisotopic (exact) mass is 303 g/mol. The Morgan fingerprint density at radius 1 is 1.20 bits per heavy atom. The van der Waals surface area contributed by atoms with E-state index in [0.29, 0.717) is 12.3 Å². The lowest BCUT2D eigenvalue weighted by atomic mass is 9.89. The maximum atomic E-state index is 12.1. The molecule has 0 aromatic carbocycles. The lowest BCUT2D eigenvalue weighted by Crippen LogP contribution is -2.47. The number of nitrogens with zero attached hydrogens (tertiary/aromatic N) is 2. The quantitative estimate of drug-likeness (QED) is 0.840. The number of halogens is 1. The Hall–Kier alpha value is -0.320. The normalized spacial score (nSPS) is 20.8. The van der Waals surface area contributed by atoms with Crippen molar-refractivity contribution in [1.82, 2.24) is 15.1 Å². The average Bonchev–Trinajstić information content (AvgIpc) is 2.47. The van der Waals surface area contributed by atoms with Crippen LogP contribution in [0.3, 0.4) is 0 Å². The molecule has 118 valence electrons. The first-order valence-corrected chi connectivity index (χ1v) is 7.93. The lowest BCUT2D eigenvalue weighted by molar-refractivity contribution is -0.132. The molecule has 0 unspecified atom stereocenters. The second-order valence-corrected chi connectivity index (χ2v) is 6.15. The van der Waals surface area contributed by atoms with Crippen molar-refractivity contribution < 1.29 is 4.79 Å². The summed E-state index contributed by atoms with van der Waals surface area (Å²) in [6.45, 7) is 5.75. The number of carbonyl (C=O) groups is 1. The number of carbonyl (C=O) groups excluding carboxylic acids is 1. The number of hydrogen-bond donors (Lipinski definition) is 1. The molecule has 1 N–H and O–H groups in total. The van der Waals surface area contributed by atoms with Gasteiger partial charge >= 0.3 is 0 Å². The van der Waals surface area contributed by atoms with E-state index in [1.165, 1.54) is 38.6 Å². The van der Waals surface area contributed by atoms with E-state index in [1.807, 2.05) is 4.90 Å². The first kappa shape index (κ1) is 17.7. The van der Waals surface area contributed by atoms with E-state index in [9.17, 15) is 4.79 Å². The van der Waals surface area contributed by atoms with Gasteiger partial charge in [0.2, 0.25) is 5.91 Å². The Morgan fingerprint density at radius 3 is 2.50 bits per heavy atom. The smallest absolute Gasteiger partial charge is 0.223 e. The number of amides is 1. The van der Waals surface area contributed by atoms with E-state index in [4.69, 9.17) is 0 Å². The molecule has 0 aromatic heterocycles. The Kier molecular flexibility index (Phi) is 8.50. The van der Waals surface area contributed by atoms with Crippen LogP contribution in [-0.4, -0.2) is 62.0 Å². The highest BCUT2D eigenvalue weighted by molar-refractivity contribution is 5.85. The van der Waals surface area contributed by atoms with E-state index in [0.717, 1.165) is 38.6 Å². The summed E-state index contributed by atoms with van der Waals surface area (Å²) in [5.74, 6) is 1.20. The van der Waals surface area contributed by atoms with Crippen molar-refractivity contribution in [3.8, 4) is 0 Å². The van der Waals surface area contributed by atoms with Crippen LogP contribution < -0.4 is 5.32 Å². The number of piperazine rings is 1. The number of nitrogens with one attached hydrogen (secondary N) is 1. The molecule has 20 heavy (non-hydrogen) atoms. The van der Waals surface area contributed by atoms with Crippen molar-refractivity contribution >= 4 is 18.3 Å². The third kappa shape index (κ3) is 5.98. The van der Waals surface area contributed by atoms with E-state index >= 15 is 0 Å². The van der Waals surface area contributed by atoms with Crippen LogP contribution in [0.5, 0.6) is 0 Å². The van der Waals surface area contributed by atoms with Gasteiger partial charge in [-0.15, -0.1) is 12.4 Å². The third-order valence-corrected chi connectivity index (χ3v) is 4.47. The standard InChI is InChI=1S/C15H29N3O.ClH/c1-17(13-14-5-3-2-4-6-14)10-7-15(19)18-11-8-16-9-12-18;/h14,16H,2-13H2,1H3;1H. The van der Waals surface area contributed by atoms with E-state index in [2.05, 4.69) is 17.3 Å². The van der Waals surface area contributed by atoms with Gasteiger partial charge in [0.05, 0.1) is 0 Å². The zero-order chi connectivity index (χ0) is 13.5. The van der Waals surface area contributed by atoms with Gasteiger partial charge in [-0.05, 0) is 25.8 Å². The van der Waals surface area contributed by atoms with E-state index < -0.39 is 0 Å². The van der Waals surface area contributed by atoms with Gasteiger partial charge in [0.15, 0.2) is 0 Å². The largest absolute Gasteiger partial charge is 0.340 e. The Labute approximate surface area is 129 Å². The Balaban J connectivity index is 0.00000200. The molecular formula is C15H30ClN3O. The van der Waals surface area contributed by atoms with Crippen molar-refractivity contribution in [3.05, 3.63) is 0 Å². The maximum absolute atomic E-state index is 12.1. The zero-order valence-corrected chi connectivity index (χ0v) is 13.6. The fourth-order valence-corrected chi connectivity index (χ4v) is 3.26. The van der Waals surface area contributed by atoms with Gasteiger partial charge in [0.1, 0.15) is 0 Å². The van der Waals surface area contributed by atoms with Gasteiger partial charge in [0, 0.05) is 45.7 Å². The highest BCUT2D eigenvalue weighted by Crippen LogP contribution is 2.24. The van der Waals surface area contributed by atoms with Crippen LogP contribution in [0.4, 0.5) is 0 Å². The summed E-state index contributed by atoms with van der Waals surface area (Å²) >= 11 is 0. The second kappa shape index (κ2) is 9.59. The molecule has 0 bridgehead atoms. The molecule has 1 saturated carbocycles. The predicted octanol–water partition coefficient (Wildman–Crippen LogP) is 1.74. The summed E-state index contributed by atoms with van der Waals surface area (Å²) < 4.78 is 0. The van der Waals surface area contributed by atoms with Crippen LogP contribution in [0.1, 0.15) is 38.5 Å². The molecule has 2 aliphatic rings. The van der Waals surface area contributed by atoms with Crippen molar-refractivity contribution in [2.75, 3.05) is 46.3 Å². The van der Waals surface area contributed by atoms with Gasteiger partial charge < -0.3 is 15.1 Å². The molecule has 0 aromatic rings. The Morgan fingerprint density at radius 2 is 1.85 bits per heavy atom. The van der Waals surface area contributed by atoms with Gasteiger partial charge in [0.25, 0.3) is 0 Å². The molecule has 1 aliphatic heterocycles. The summed E-state index contributed by atoms with van der Waals surface area (Å²) in [7, 11) is 2.17. The van der Waals surface area contributed by atoms with Gasteiger partial charge in [-0.1, -0.05) is 19.3 Å². The van der Waals surface area contributed by atoms with Gasteiger partial charge in [-0.3, -0.25) is 4.79 Å². The second-order valence-electron chi connectivity index (χ2n) is 6.15. The molecular weight excluding hydrogens is 274 g/mol. The predicted molar refractivity (Wildman–Crippen MR) is 85.4 cm³/mol. The SMILES string of the molecule is CN(CCC(=O)N1CCNCC1)CC1CCCCC1.Cl. The molecule has 1 amide bonds. The molecule has 0 radical (unpaired) electrons. The molecule has 1 saturated heterocycles. The van der Waals surface area contributed by atoms with Gasteiger partial charge in [-0.2, -0.15) is 0 Å². The number of hydrogen-bond acceptors (Lipinski definition) is 3.